The SMILES string of the molecule is CC(=O)N(CCN(C)CC(F)(F)F)Cc1ncccc1C(F)(F)F. The third kappa shape index (κ3) is 6.73. The van der Waals surface area contributed by atoms with Crippen molar-refractivity contribution < 1.29 is 31.1 Å². The second-order valence-electron chi connectivity index (χ2n) is 5.29. The summed E-state index contributed by atoms with van der Waals surface area (Å²) < 4.78 is 75.6. The molecule has 0 N–H and O–H groups in total. The zero-order valence-electron chi connectivity index (χ0n) is 13.1. The molecular formula is C14H17F6N3O. The smallest absolute Gasteiger partial charge is 0.336 e. The summed E-state index contributed by atoms with van der Waals surface area (Å²) in [4.78, 5) is 17.2. The molecule has 24 heavy (non-hydrogen) atoms. The maximum absolute atomic E-state index is 12.9. The second kappa shape index (κ2) is 7.82. The molecule has 0 radical (unpaired) electrons. The standard InChI is InChI=1S/C14H17F6N3O/c1-10(24)23(7-6-22(2)9-13(15,16)17)8-12-11(14(18,19)20)4-3-5-21-12/h3-5H,6-9H2,1-2H3. The molecule has 1 rings (SSSR count). The number of pyridine rings is 1. The monoisotopic (exact) mass is 357 g/mol. The van der Waals surface area contributed by atoms with Crippen LogP contribution in [0.15, 0.2) is 18.3 Å². The number of nitrogens with zero attached hydrogens (tertiary/aromatic N) is 3. The van der Waals surface area contributed by atoms with E-state index in [4.69, 9.17) is 0 Å². The number of rotatable bonds is 6. The van der Waals surface area contributed by atoms with E-state index in [2.05, 4.69) is 4.98 Å². The molecule has 1 heterocycles. The number of carbonyl (C=O) groups is 1. The van der Waals surface area contributed by atoms with E-state index in [1.54, 1.807) is 0 Å². The summed E-state index contributed by atoms with van der Waals surface area (Å²) >= 11 is 0. The van der Waals surface area contributed by atoms with Gasteiger partial charge in [-0.1, -0.05) is 0 Å². The summed E-state index contributed by atoms with van der Waals surface area (Å²) in [6, 6.07) is 1.97. The van der Waals surface area contributed by atoms with Gasteiger partial charge < -0.3 is 4.90 Å². The van der Waals surface area contributed by atoms with Crippen molar-refractivity contribution in [3.05, 3.63) is 29.6 Å². The van der Waals surface area contributed by atoms with Gasteiger partial charge in [0.05, 0.1) is 24.3 Å². The molecule has 0 bridgehead atoms. The van der Waals surface area contributed by atoms with E-state index in [0.717, 1.165) is 28.9 Å². The molecule has 0 atom stereocenters. The molecule has 0 aliphatic rings. The molecule has 0 saturated carbocycles. The summed E-state index contributed by atoms with van der Waals surface area (Å²) in [6.45, 7) is -0.732. The molecule has 0 aliphatic heterocycles. The van der Waals surface area contributed by atoms with Crippen molar-refractivity contribution in [2.45, 2.75) is 25.8 Å². The Balaban J connectivity index is 2.80. The highest BCUT2D eigenvalue weighted by atomic mass is 19.4. The fraction of sp³-hybridized carbons (Fsp3) is 0.571. The van der Waals surface area contributed by atoms with Crippen molar-refractivity contribution in [1.82, 2.24) is 14.8 Å². The van der Waals surface area contributed by atoms with Gasteiger partial charge in [0.1, 0.15) is 0 Å². The van der Waals surface area contributed by atoms with Crippen molar-refractivity contribution in [1.29, 1.82) is 0 Å². The molecule has 1 amide bonds. The van der Waals surface area contributed by atoms with Crippen molar-refractivity contribution in [2.75, 3.05) is 26.7 Å². The predicted octanol–water partition coefficient (Wildman–Crippen LogP) is 2.94. The number of amides is 1. The van der Waals surface area contributed by atoms with E-state index < -0.39 is 36.9 Å². The van der Waals surface area contributed by atoms with Gasteiger partial charge in [0.25, 0.3) is 0 Å². The Labute approximate surface area is 135 Å². The Hall–Kier alpha value is -1.84. The highest BCUT2D eigenvalue weighted by molar-refractivity contribution is 5.73. The van der Waals surface area contributed by atoms with Gasteiger partial charge in [-0.3, -0.25) is 14.7 Å². The number of likely N-dealkylation sites (N-methyl/N-ethyl adjacent to an activating group) is 1. The van der Waals surface area contributed by atoms with Crippen LogP contribution < -0.4 is 0 Å². The number of alkyl halides is 6. The minimum absolute atomic E-state index is 0.132. The van der Waals surface area contributed by atoms with Gasteiger partial charge >= 0.3 is 12.4 Å². The van der Waals surface area contributed by atoms with Crippen LogP contribution in [0.25, 0.3) is 0 Å². The predicted molar refractivity (Wildman–Crippen MR) is 73.9 cm³/mol. The van der Waals surface area contributed by atoms with Crippen LogP contribution in [0.4, 0.5) is 26.3 Å². The molecule has 10 heteroatoms. The van der Waals surface area contributed by atoms with E-state index in [0.29, 0.717) is 0 Å². The third-order valence-electron chi connectivity index (χ3n) is 3.18. The maximum atomic E-state index is 12.9. The van der Waals surface area contributed by atoms with Gasteiger partial charge in [0.15, 0.2) is 0 Å². The van der Waals surface area contributed by atoms with Crippen LogP contribution in [0.5, 0.6) is 0 Å². The van der Waals surface area contributed by atoms with Gasteiger partial charge in [-0.15, -0.1) is 0 Å². The first-order valence-electron chi connectivity index (χ1n) is 6.92. The van der Waals surface area contributed by atoms with Gasteiger partial charge in [0, 0.05) is 26.2 Å². The Morgan fingerprint density at radius 2 is 1.79 bits per heavy atom. The van der Waals surface area contributed by atoms with Gasteiger partial charge in [-0.2, -0.15) is 26.3 Å². The average molecular weight is 357 g/mol. The van der Waals surface area contributed by atoms with E-state index in [1.807, 2.05) is 0 Å². The van der Waals surface area contributed by atoms with Crippen molar-refractivity contribution in [3.63, 3.8) is 0 Å². The number of hydrogen-bond acceptors (Lipinski definition) is 3. The van der Waals surface area contributed by atoms with Crippen LogP contribution in [-0.2, 0) is 17.5 Å². The fourth-order valence-corrected chi connectivity index (χ4v) is 2.03. The average Bonchev–Trinajstić information content (AvgIpc) is 2.40. The number of hydrogen-bond donors (Lipinski definition) is 0. The second-order valence-corrected chi connectivity index (χ2v) is 5.29. The summed E-state index contributed by atoms with van der Waals surface area (Å²) in [5, 5.41) is 0. The molecule has 0 aliphatic carbocycles. The zero-order valence-corrected chi connectivity index (χ0v) is 13.1. The molecular weight excluding hydrogens is 340 g/mol. The molecule has 4 nitrogen and oxygen atoms in total. The molecule has 1 aromatic heterocycles. The summed E-state index contributed by atoms with van der Waals surface area (Å²) in [5.74, 6) is -0.547. The summed E-state index contributed by atoms with van der Waals surface area (Å²) in [7, 11) is 1.22. The Morgan fingerprint density at radius 1 is 1.17 bits per heavy atom. The van der Waals surface area contributed by atoms with Crippen molar-refractivity contribution in [3.8, 4) is 0 Å². The van der Waals surface area contributed by atoms with Crippen LogP contribution in [-0.4, -0.2) is 53.5 Å². The van der Waals surface area contributed by atoms with E-state index >= 15 is 0 Å². The van der Waals surface area contributed by atoms with Gasteiger partial charge in [-0.05, 0) is 19.2 Å². The van der Waals surface area contributed by atoms with Crippen molar-refractivity contribution >= 4 is 5.91 Å². The largest absolute Gasteiger partial charge is 0.418 e. The number of halogens is 6. The minimum Gasteiger partial charge on any atom is -0.336 e. The lowest BCUT2D eigenvalue weighted by atomic mass is 10.1. The molecule has 0 spiro atoms. The van der Waals surface area contributed by atoms with E-state index in [-0.39, 0.29) is 18.8 Å². The first kappa shape index (κ1) is 20.2. The first-order valence-corrected chi connectivity index (χ1v) is 6.92. The fourth-order valence-electron chi connectivity index (χ4n) is 2.03. The molecule has 1 aromatic rings. The van der Waals surface area contributed by atoms with Gasteiger partial charge in [0.2, 0.25) is 5.91 Å². The summed E-state index contributed by atoms with van der Waals surface area (Å²) in [5.41, 5.74) is -1.32. The normalized spacial score (nSPS) is 12.5. The quantitative estimate of drug-likeness (QED) is 0.735. The highest BCUT2D eigenvalue weighted by Gasteiger charge is 2.34. The van der Waals surface area contributed by atoms with Crippen LogP contribution in [0.3, 0.4) is 0 Å². The van der Waals surface area contributed by atoms with Crippen LogP contribution in [0.2, 0.25) is 0 Å². The minimum atomic E-state index is -4.63. The summed E-state index contributed by atoms with van der Waals surface area (Å²) in [6.07, 6.45) is -7.85. The van der Waals surface area contributed by atoms with E-state index in [1.165, 1.54) is 13.2 Å². The number of carbonyl (C=O) groups excluding carboxylic acids is 1. The van der Waals surface area contributed by atoms with E-state index in [9.17, 15) is 31.1 Å². The molecule has 0 fully saturated rings. The lowest BCUT2D eigenvalue weighted by Gasteiger charge is -2.26. The maximum Gasteiger partial charge on any atom is 0.418 e. The molecule has 0 unspecified atom stereocenters. The topological polar surface area (TPSA) is 36.4 Å². The lowest BCUT2D eigenvalue weighted by Crippen LogP contribution is -2.39. The zero-order chi connectivity index (χ0) is 18.5. The Kier molecular flexibility index (Phi) is 6.58. The molecule has 0 saturated heterocycles. The van der Waals surface area contributed by atoms with Crippen molar-refractivity contribution in [2.24, 2.45) is 0 Å². The van der Waals surface area contributed by atoms with Crippen LogP contribution >= 0.6 is 0 Å². The lowest BCUT2D eigenvalue weighted by molar-refractivity contribution is -0.144. The third-order valence-corrected chi connectivity index (χ3v) is 3.18. The Bertz CT molecular complexity index is 558. The molecule has 136 valence electrons. The highest BCUT2D eigenvalue weighted by Crippen LogP contribution is 2.31. The number of aromatic nitrogens is 1. The van der Waals surface area contributed by atoms with Crippen LogP contribution in [0.1, 0.15) is 18.2 Å². The van der Waals surface area contributed by atoms with Crippen LogP contribution in [0, 0.1) is 0 Å². The Morgan fingerprint density at radius 3 is 2.29 bits per heavy atom. The first-order chi connectivity index (χ1) is 10.9. The van der Waals surface area contributed by atoms with Gasteiger partial charge in [-0.25, -0.2) is 0 Å². The molecule has 0 aromatic carbocycles.